The number of piperidine rings is 1. The molecule has 17 heavy (non-hydrogen) atoms. The summed E-state index contributed by atoms with van der Waals surface area (Å²) in [5, 5.41) is 6.04. The van der Waals surface area contributed by atoms with Crippen LogP contribution in [0, 0.1) is 18.7 Å². The van der Waals surface area contributed by atoms with E-state index in [9.17, 15) is 9.18 Å². The standard InChI is InChI=1S/C13H17FN2O/c1-9-7-11(4-5-12(9)14)16-13(17)10-3-2-6-15-8-10/h4-5,7,10,15H,2-3,6,8H2,1H3,(H,16,17). The fourth-order valence-electron chi connectivity index (χ4n) is 2.04. The van der Waals surface area contributed by atoms with Gasteiger partial charge in [0, 0.05) is 12.2 Å². The predicted molar refractivity (Wildman–Crippen MR) is 65.4 cm³/mol. The van der Waals surface area contributed by atoms with Gasteiger partial charge in [-0.3, -0.25) is 4.79 Å². The largest absolute Gasteiger partial charge is 0.326 e. The van der Waals surface area contributed by atoms with Crippen LogP contribution in [0.1, 0.15) is 18.4 Å². The van der Waals surface area contributed by atoms with Gasteiger partial charge < -0.3 is 10.6 Å². The molecule has 1 aliphatic rings. The molecule has 1 aromatic rings. The molecule has 0 saturated carbocycles. The number of hydrogen-bond acceptors (Lipinski definition) is 2. The number of carbonyl (C=O) groups is 1. The van der Waals surface area contributed by atoms with Crippen LogP contribution in [0.2, 0.25) is 0 Å². The van der Waals surface area contributed by atoms with Gasteiger partial charge in [0.2, 0.25) is 5.91 Å². The van der Waals surface area contributed by atoms with E-state index in [2.05, 4.69) is 10.6 Å². The Morgan fingerprint density at radius 3 is 3.00 bits per heavy atom. The van der Waals surface area contributed by atoms with E-state index in [0.29, 0.717) is 11.3 Å². The summed E-state index contributed by atoms with van der Waals surface area (Å²) in [6.45, 7) is 3.40. The van der Waals surface area contributed by atoms with E-state index in [0.717, 1.165) is 25.9 Å². The van der Waals surface area contributed by atoms with Gasteiger partial charge in [0.15, 0.2) is 0 Å². The molecule has 1 amide bonds. The zero-order chi connectivity index (χ0) is 12.3. The summed E-state index contributed by atoms with van der Waals surface area (Å²) in [6, 6.07) is 4.63. The highest BCUT2D eigenvalue weighted by Gasteiger charge is 2.20. The van der Waals surface area contributed by atoms with E-state index in [1.54, 1.807) is 19.1 Å². The van der Waals surface area contributed by atoms with E-state index in [1.807, 2.05) is 0 Å². The number of aryl methyl sites for hydroxylation is 1. The molecule has 2 N–H and O–H groups in total. The Balaban J connectivity index is 1.99. The molecule has 1 fully saturated rings. The molecule has 1 saturated heterocycles. The summed E-state index contributed by atoms with van der Waals surface area (Å²) in [6.07, 6.45) is 1.94. The van der Waals surface area contributed by atoms with Gasteiger partial charge in [-0.15, -0.1) is 0 Å². The third-order valence-corrected chi connectivity index (χ3v) is 3.09. The normalized spacial score (nSPS) is 20.0. The van der Waals surface area contributed by atoms with Crippen molar-refractivity contribution in [1.29, 1.82) is 0 Å². The molecule has 0 aromatic heterocycles. The highest BCUT2D eigenvalue weighted by molar-refractivity contribution is 5.92. The van der Waals surface area contributed by atoms with E-state index in [4.69, 9.17) is 0 Å². The zero-order valence-electron chi connectivity index (χ0n) is 9.92. The third-order valence-electron chi connectivity index (χ3n) is 3.09. The highest BCUT2D eigenvalue weighted by Crippen LogP contribution is 2.16. The Labute approximate surface area is 100 Å². The van der Waals surface area contributed by atoms with Crippen LogP contribution in [0.25, 0.3) is 0 Å². The fourth-order valence-corrected chi connectivity index (χ4v) is 2.04. The fraction of sp³-hybridized carbons (Fsp3) is 0.462. The number of benzene rings is 1. The Bertz CT molecular complexity index is 414. The van der Waals surface area contributed by atoms with Gasteiger partial charge in [0.25, 0.3) is 0 Å². The number of anilines is 1. The SMILES string of the molecule is Cc1cc(NC(=O)C2CCCNC2)ccc1F. The molecular weight excluding hydrogens is 219 g/mol. The summed E-state index contributed by atoms with van der Waals surface area (Å²) in [7, 11) is 0. The number of halogens is 1. The van der Waals surface area contributed by atoms with Gasteiger partial charge in [0.1, 0.15) is 5.82 Å². The average molecular weight is 236 g/mol. The molecule has 1 atom stereocenters. The van der Waals surface area contributed by atoms with Gasteiger partial charge in [-0.25, -0.2) is 4.39 Å². The summed E-state index contributed by atoms with van der Waals surface area (Å²) < 4.78 is 13.1. The quantitative estimate of drug-likeness (QED) is 0.825. The molecule has 1 aliphatic heterocycles. The predicted octanol–water partition coefficient (Wildman–Crippen LogP) is 2.07. The van der Waals surface area contributed by atoms with Crippen molar-refractivity contribution in [1.82, 2.24) is 5.32 Å². The van der Waals surface area contributed by atoms with Crippen LogP contribution in [0.15, 0.2) is 18.2 Å². The first-order valence-corrected chi connectivity index (χ1v) is 5.94. The van der Waals surface area contributed by atoms with Crippen LogP contribution < -0.4 is 10.6 Å². The molecular formula is C13H17FN2O. The summed E-state index contributed by atoms with van der Waals surface area (Å²) in [5.74, 6) is -0.209. The van der Waals surface area contributed by atoms with Crippen molar-refractivity contribution in [3.05, 3.63) is 29.6 Å². The van der Waals surface area contributed by atoms with Crippen LogP contribution in [0.3, 0.4) is 0 Å². The average Bonchev–Trinajstić information content (AvgIpc) is 2.35. The lowest BCUT2D eigenvalue weighted by atomic mass is 9.99. The highest BCUT2D eigenvalue weighted by atomic mass is 19.1. The first-order valence-electron chi connectivity index (χ1n) is 5.94. The minimum atomic E-state index is -0.248. The van der Waals surface area contributed by atoms with Gasteiger partial charge in [-0.1, -0.05) is 0 Å². The van der Waals surface area contributed by atoms with E-state index >= 15 is 0 Å². The van der Waals surface area contributed by atoms with Gasteiger partial charge >= 0.3 is 0 Å². The molecule has 3 nitrogen and oxygen atoms in total. The third kappa shape index (κ3) is 3.03. The molecule has 0 radical (unpaired) electrons. The van der Waals surface area contributed by atoms with Gasteiger partial charge in [0.05, 0.1) is 5.92 Å². The lowest BCUT2D eigenvalue weighted by Gasteiger charge is -2.21. The van der Waals surface area contributed by atoms with Crippen LogP contribution in [0.5, 0.6) is 0 Å². The molecule has 0 bridgehead atoms. The number of carbonyl (C=O) groups excluding carboxylic acids is 1. The van der Waals surface area contributed by atoms with Crippen LogP contribution in [-0.4, -0.2) is 19.0 Å². The van der Waals surface area contributed by atoms with Gasteiger partial charge in [-0.2, -0.15) is 0 Å². The number of hydrogen-bond donors (Lipinski definition) is 2. The second kappa shape index (κ2) is 5.27. The molecule has 0 spiro atoms. The number of amides is 1. The summed E-state index contributed by atoms with van der Waals surface area (Å²) >= 11 is 0. The summed E-state index contributed by atoms with van der Waals surface area (Å²) in [4.78, 5) is 11.9. The van der Waals surface area contributed by atoms with E-state index in [1.165, 1.54) is 6.07 Å². The molecule has 4 heteroatoms. The van der Waals surface area contributed by atoms with E-state index < -0.39 is 0 Å². The molecule has 2 rings (SSSR count). The van der Waals surface area contributed by atoms with E-state index in [-0.39, 0.29) is 17.6 Å². The van der Waals surface area contributed by atoms with Crippen molar-refractivity contribution in [2.75, 3.05) is 18.4 Å². The van der Waals surface area contributed by atoms with Crippen molar-refractivity contribution >= 4 is 11.6 Å². The molecule has 0 aliphatic carbocycles. The molecule has 1 unspecified atom stereocenters. The lowest BCUT2D eigenvalue weighted by Crippen LogP contribution is -2.37. The topological polar surface area (TPSA) is 41.1 Å². The van der Waals surface area contributed by atoms with Crippen molar-refractivity contribution in [2.45, 2.75) is 19.8 Å². The second-order valence-corrected chi connectivity index (χ2v) is 4.50. The molecule has 1 aromatic carbocycles. The number of nitrogens with one attached hydrogen (secondary N) is 2. The maximum absolute atomic E-state index is 13.1. The first kappa shape index (κ1) is 12.0. The van der Waals surface area contributed by atoms with Crippen molar-refractivity contribution in [3.63, 3.8) is 0 Å². The van der Waals surface area contributed by atoms with Crippen molar-refractivity contribution in [2.24, 2.45) is 5.92 Å². The lowest BCUT2D eigenvalue weighted by molar-refractivity contribution is -0.120. The van der Waals surface area contributed by atoms with Crippen molar-refractivity contribution < 1.29 is 9.18 Å². The monoisotopic (exact) mass is 236 g/mol. The minimum Gasteiger partial charge on any atom is -0.326 e. The van der Waals surface area contributed by atoms with Crippen LogP contribution in [-0.2, 0) is 4.79 Å². The minimum absolute atomic E-state index is 0.0169. The van der Waals surface area contributed by atoms with Crippen molar-refractivity contribution in [3.8, 4) is 0 Å². The van der Waals surface area contributed by atoms with Crippen LogP contribution >= 0.6 is 0 Å². The first-order chi connectivity index (χ1) is 8.16. The summed E-state index contributed by atoms with van der Waals surface area (Å²) in [5.41, 5.74) is 1.21. The maximum Gasteiger partial charge on any atom is 0.228 e. The smallest absolute Gasteiger partial charge is 0.228 e. The molecule has 1 heterocycles. The zero-order valence-corrected chi connectivity index (χ0v) is 9.92. The Morgan fingerprint density at radius 2 is 2.35 bits per heavy atom. The number of rotatable bonds is 2. The Hall–Kier alpha value is -1.42. The molecule has 92 valence electrons. The Morgan fingerprint density at radius 1 is 1.53 bits per heavy atom. The van der Waals surface area contributed by atoms with Crippen LogP contribution in [0.4, 0.5) is 10.1 Å². The second-order valence-electron chi connectivity index (χ2n) is 4.50. The van der Waals surface area contributed by atoms with Gasteiger partial charge in [-0.05, 0) is 50.1 Å². The Kier molecular flexibility index (Phi) is 3.74. The maximum atomic E-state index is 13.1.